The van der Waals surface area contributed by atoms with Gasteiger partial charge in [0.05, 0.1) is 5.69 Å². The SMILES string of the molecule is CN(C)C(=O)c1ccc(-c2ncccc2Br)[nH]c1=O. The molecule has 0 aliphatic rings. The lowest BCUT2D eigenvalue weighted by Crippen LogP contribution is -2.28. The minimum Gasteiger partial charge on any atom is -0.345 e. The first-order chi connectivity index (χ1) is 9.00. The Labute approximate surface area is 118 Å². The van der Waals surface area contributed by atoms with Crippen LogP contribution >= 0.6 is 15.9 Å². The van der Waals surface area contributed by atoms with Crippen molar-refractivity contribution in [3.05, 3.63) is 50.9 Å². The van der Waals surface area contributed by atoms with E-state index in [9.17, 15) is 9.59 Å². The van der Waals surface area contributed by atoms with Crippen molar-refractivity contribution in [2.24, 2.45) is 0 Å². The molecule has 0 saturated heterocycles. The molecule has 19 heavy (non-hydrogen) atoms. The lowest BCUT2D eigenvalue weighted by atomic mass is 10.2. The van der Waals surface area contributed by atoms with E-state index in [0.717, 1.165) is 4.47 Å². The third-order valence-corrected chi connectivity index (χ3v) is 3.20. The first-order valence-corrected chi connectivity index (χ1v) is 6.36. The second kappa shape index (κ2) is 5.36. The van der Waals surface area contributed by atoms with E-state index in [2.05, 4.69) is 25.9 Å². The van der Waals surface area contributed by atoms with Crippen molar-refractivity contribution in [3.8, 4) is 11.4 Å². The van der Waals surface area contributed by atoms with Gasteiger partial charge in [-0.25, -0.2) is 0 Å². The summed E-state index contributed by atoms with van der Waals surface area (Å²) in [6, 6.07) is 6.80. The first kappa shape index (κ1) is 13.5. The molecule has 0 atom stereocenters. The second-order valence-corrected chi connectivity index (χ2v) is 5.00. The number of amides is 1. The molecule has 2 aromatic heterocycles. The van der Waals surface area contributed by atoms with Gasteiger partial charge >= 0.3 is 0 Å². The monoisotopic (exact) mass is 321 g/mol. The molecular formula is C13H12BrN3O2. The number of aromatic amines is 1. The van der Waals surface area contributed by atoms with Crippen LogP contribution in [-0.2, 0) is 0 Å². The molecule has 2 aromatic rings. The summed E-state index contributed by atoms with van der Waals surface area (Å²) in [5.74, 6) is -0.326. The van der Waals surface area contributed by atoms with Crippen LogP contribution in [0.15, 0.2) is 39.7 Å². The minimum atomic E-state index is -0.422. The number of aromatic nitrogens is 2. The van der Waals surface area contributed by atoms with Crippen LogP contribution in [-0.4, -0.2) is 34.9 Å². The van der Waals surface area contributed by atoms with Crippen LogP contribution in [0.5, 0.6) is 0 Å². The van der Waals surface area contributed by atoms with E-state index in [1.807, 2.05) is 6.07 Å². The normalized spacial score (nSPS) is 10.3. The first-order valence-electron chi connectivity index (χ1n) is 5.56. The number of carbonyl (C=O) groups excluding carboxylic acids is 1. The van der Waals surface area contributed by atoms with Crippen LogP contribution in [0.25, 0.3) is 11.4 Å². The Bertz CT molecular complexity index is 680. The lowest BCUT2D eigenvalue weighted by Gasteiger charge is -2.10. The van der Waals surface area contributed by atoms with Crippen molar-refractivity contribution in [1.29, 1.82) is 0 Å². The predicted octanol–water partition coefficient (Wildman–Crippen LogP) is 1.90. The maximum Gasteiger partial charge on any atom is 0.261 e. The molecule has 0 aliphatic heterocycles. The molecule has 0 radical (unpaired) electrons. The number of nitrogens with zero attached hydrogens (tertiary/aromatic N) is 2. The summed E-state index contributed by atoms with van der Waals surface area (Å²) >= 11 is 3.37. The highest BCUT2D eigenvalue weighted by atomic mass is 79.9. The quantitative estimate of drug-likeness (QED) is 0.918. The molecule has 1 N–H and O–H groups in total. The van der Waals surface area contributed by atoms with Gasteiger partial charge in [-0.2, -0.15) is 0 Å². The maximum atomic E-state index is 11.9. The van der Waals surface area contributed by atoms with Gasteiger partial charge in [0.2, 0.25) is 0 Å². The van der Waals surface area contributed by atoms with Crippen molar-refractivity contribution >= 4 is 21.8 Å². The van der Waals surface area contributed by atoms with Crippen LogP contribution in [0.4, 0.5) is 0 Å². The number of hydrogen-bond acceptors (Lipinski definition) is 3. The number of H-pyrrole nitrogens is 1. The molecule has 0 aromatic carbocycles. The summed E-state index contributed by atoms with van der Waals surface area (Å²) in [6.07, 6.45) is 1.64. The molecule has 98 valence electrons. The maximum absolute atomic E-state index is 11.9. The summed E-state index contributed by atoms with van der Waals surface area (Å²) in [7, 11) is 3.20. The van der Waals surface area contributed by atoms with Crippen molar-refractivity contribution in [1.82, 2.24) is 14.9 Å². The molecule has 0 aliphatic carbocycles. The lowest BCUT2D eigenvalue weighted by molar-refractivity contribution is 0.0826. The average Bonchev–Trinajstić information content (AvgIpc) is 2.38. The van der Waals surface area contributed by atoms with Crippen LogP contribution in [0.3, 0.4) is 0 Å². The summed E-state index contributed by atoms with van der Waals surface area (Å²) in [6.45, 7) is 0. The molecule has 6 heteroatoms. The second-order valence-electron chi connectivity index (χ2n) is 4.15. The van der Waals surface area contributed by atoms with E-state index < -0.39 is 5.56 Å². The molecule has 0 unspecified atom stereocenters. The molecular weight excluding hydrogens is 310 g/mol. The largest absolute Gasteiger partial charge is 0.345 e. The zero-order valence-corrected chi connectivity index (χ0v) is 12.1. The number of halogens is 1. The van der Waals surface area contributed by atoms with Gasteiger partial charge in [0.15, 0.2) is 0 Å². The molecule has 1 amide bonds. The summed E-state index contributed by atoms with van der Waals surface area (Å²) in [5, 5.41) is 0. The molecule has 0 spiro atoms. The highest BCUT2D eigenvalue weighted by Gasteiger charge is 2.14. The Hall–Kier alpha value is -1.95. The van der Waals surface area contributed by atoms with Crippen LogP contribution < -0.4 is 5.56 Å². The summed E-state index contributed by atoms with van der Waals surface area (Å²) < 4.78 is 0.775. The highest BCUT2D eigenvalue weighted by Crippen LogP contribution is 2.22. The number of rotatable bonds is 2. The fourth-order valence-corrected chi connectivity index (χ4v) is 2.07. The Balaban J connectivity index is 2.49. The summed E-state index contributed by atoms with van der Waals surface area (Å²) in [5.41, 5.74) is 0.880. The number of carbonyl (C=O) groups is 1. The van der Waals surface area contributed by atoms with Crippen molar-refractivity contribution in [2.45, 2.75) is 0 Å². The highest BCUT2D eigenvalue weighted by molar-refractivity contribution is 9.10. The van der Waals surface area contributed by atoms with Gasteiger partial charge in [-0.3, -0.25) is 14.6 Å². The number of nitrogens with one attached hydrogen (secondary N) is 1. The van der Waals surface area contributed by atoms with E-state index in [4.69, 9.17) is 0 Å². The van der Waals surface area contributed by atoms with E-state index in [1.165, 1.54) is 11.0 Å². The third-order valence-electron chi connectivity index (χ3n) is 2.56. The van der Waals surface area contributed by atoms with Gasteiger partial charge in [0.25, 0.3) is 11.5 Å². The number of hydrogen-bond donors (Lipinski definition) is 1. The molecule has 2 heterocycles. The topological polar surface area (TPSA) is 66.1 Å². The zero-order chi connectivity index (χ0) is 14.0. The molecule has 0 saturated carbocycles. The fraction of sp³-hybridized carbons (Fsp3) is 0.154. The smallest absolute Gasteiger partial charge is 0.261 e. The van der Waals surface area contributed by atoms with Gasteiger partial charge in [0.1, 0.15) is 11.3 Å². The van der Waals surface area contributed by atoms with E-state index in [0.29, 0.717) is 11.4 Å². The summed E-state index contributed by atoms with van der Waals surface area (Å²) in [4.78, 5) is 31.9. The average molecular weight is 322 g/mol. The molecule has 5 nitrogen and oxygen atoms in total. The van der Waals surface area contributed by atoms with Gasteiger partial charge in [-0.1, -0.05) is 0 Å². The Morgan fingerprint density at radius 3 is 2.63 bits per heavy atom. The molecule has 0 fully saturated rings. The van der Waals surface area contributed by atoms with Crippen LogP contribution in [0.2, 0.25) is 0 Å². The third kappa shape index (κ3) is 2.73. The molecule has 0 bridgehead atoms. The standard InChI is InChI=1S/C13H12BrN3O2/c1-17(2)13(19)8-5-6-10(16-12(8)18)11-9(14)4-3-7-15-11/h3-7H,1-2H3,(H,16,18). The van der Waals surface area contributed by atoms with Gasteiger partial charge in [0, 0.05) is 24.8 Å². The number of pyridine rings is 2. The minimum absolute atomic E-state index is 0.112. The van der Waals surface area contributed by atoms with Crippen molar-refractivity contribution in [2.75, 3.05) is 14.1 Å². The Morgan fingerprint density at radius 1 is 1.32 bits per heavy atom. The van der Waals surface area contributed by atoms with E-state index in [-0.39, 0.29) is 11.5 Å². The fourth-order valence-electron chi connectivity index (χ4n) is 1.60. The van der Waals surface area contributed by atoms with Gasteiger partial charge in [-0.15, -0.1) is 0 Å². The van der Waals surface area contributed by atoms with E-state index >= 15 is 0 Å². The van der Waals surface area contributed by atoms with Crippen LogP contribution in [0, 0.1) is 0 Å². The zero-order valence-electron chi connectivity index (χ0n) is 10.5. The predicted molar refractivity (Wildman–Crippen MR) is 76.0 cm³/mol. The van der Waals surface area contributed by atoms with E-state index in [1.54, 1.807) is 32.4 Å². The van der Waals surface area contributed by atoms with Gasteiger partial charge < -0.3 is 9.88 Å². The van der Waals surface area contributed by atoms with Crippen LogP contribution in [0.1, 0.15) is 10.4 Å². The Morgan fingerprint density at radius 2 is 2.05 bits per heavy atom. The Kier molecular flexibility index (Phi) is 3.80. The van der Waals surface area contributed by atoms with Gasteiger partial charge in [-0.05, 0) is 40.2 Å². The van der Waals surface area contributed by atoms with Crippen molar-refractivity contribution < 1.29 is 4.79 Å². The van der Waals surface area contributed by atoms with Crippen molar-refractivity contribution in [3.63, 3.8) is 0 Å². The molecule has 2 rings (SSSR count).